The van der Waals surface area contributed by atoms with Crippen molar-refractivity contribution in [3.63, 3.8) is 0 Å². The molecule has 4 heteroatoms. The SMILES string of the molecule is CC.COC(C)(C)C.O=CN1CC=C(CO)CC1. The van der Waals surface area contributed by atoms with Gasteiger partial charge in [-0.2, -0.15) is 0 Å². The van der Waals surface area contributed by atoms with Crippen molar-refractivity contribution < 1.29 is 14.6 Å². The van der Waals surface area contributed by atoms with E-state index in [1.165, 1.54) is 0 Å². The molecule has 0 aromatic heterocycles. The highest BCUT2D eigenvalue weighted by atomic mass is 16.5. The number of aliphatic hydroxyl groups excluding tert-OH is 1. The molecule has 108 valence electrons. The molecule has 1 rings (SSSR count). The van der Waals surface area contributed by atoms with Crippen molar-refractivity contribution >= 4 is 6.41 Å². The zero-order valence-electron chi connectivity index (χ0n) is 12.7. The highest BCUT2D eigenvalue weighted by Gasteiger charge is 2.07. The lowest BCUT2D eigenvalue weighted by molar-refractivity contribution is -0.117. The molecular weight excluding hydrogens is 230 g/mol. The van der Waals surface area contributed by atoms with Gasteiger partial charge in [-0.1, -0.05) is 19.9 Å². The minimum absolute atomic E-state index is 0.0417. The zero-order valence-corrected chi connectivity index (χ0v) is 12.7. The van der Waals surface area contributed by atoms with E-state index in [4.69, 9.17) is 9.84 Å². The lowest BCUT2D eigenvalue weighted by atomic mass is 10.1. The van der Waals surface area contributed by atoms with E-state index in [1.54, 1.807) is 12.0 Å². The fraction of sp³-hybridized carbons (Fsp3) is 0.786. The maximum absolute atomic E-state index is 10.2. The van der Waals surface area contributed by atoms with Crippen molar-refractivity contribution in [2.45, 2.75) is 46.6 Å². The van der Waals surface area contributed by atoms with Gasteiger partial charge in [0.15, 0.2) is 0 Å². The highest BCUT2D eigenvalue weighted by Crippen LogP contribution is 2.07. The maximum atomic E-state index is 10.2. The first-order valence-corrected chi connectivity index (χ1v) is 6.46. The molecule has 1 aliphatic rings. The van der Waals surface area contributed by atoms with Crippen molar-refractivity contribution in [3.8, 4) is 0 Å². The summed E-state index contributed by atoms with van der Waals surface area (Å²) in [6, 6.07) is 0. The molecule has 1 heterocycles. The predicted octanol–water partition coefficient (Wildman–Crippen LogP) is 2.22. The van der Waals surface area contributed by atoms with Crippen LogP contribution in [0.1, 0.15) is 41.0 Å². The lowest BCUT2D eigenvalue weighted by Crippen LogP contribution is -2.27. The number of hydrogen-bond acceptors (Lipinski definition) is 3. The van der Waals surface area contributed by atoms with E-state index in [-0.39, 0.29) is 12.2 Å². The summed E-state index contributed by atoms with van der Waals surface area (Å²) in [6.07, 6.45) is 3.55. The van der Waals surface area contributed by atoms with E-state index in [0.29, 0.717) is 6.54 Å². The summed E-state index contributed by atoms with van der Waals surface area (Å²) in [6.45, 7) is 11.6. The first-order valence-electron chi connectivity index (χ1n) is 6.46. The summed E-state index contributed by atoms with van der Waals surface area (Å²) in [5.74, 6) is 0. The normalized spacial score (nSPS) is 14.6. The monoisotopic (exact) mass is 259 g/mol. The van der Waals surface area contributed by atoms with Crippen LogP contribution in [0.2, 0.25) is 0 Å². The number of aliphatic hydroxyl groups is 1. The standard InChI is InChI=1S/C7H11NO2.C5H12O.C2H6/c9-5-7-1-3-8(6-10)4-2-7;1-5(2,3)6-4;1-2/h1,6,9H,2-5H2;1-4H3;1-2H3. The van der Waals surface area contributed by atoms with Crippen molar-refractivity contribution in [1.29, 1.82) is 0 Å². The molecular formula is C14H29NO3. The first-order chi connectivity index (χ1) is 8.42. The smallest absolute Gasteiger partial charge is 0.209 e. The molecule has 0 saturated carbocycles. The average molecular weight is 259 g/mol. The van der Waals surface area contributed by atoms with Gasteiger partial charge in [-0.15, -0.1) is 0 Å². The summed E-state index contributed by atoms with van der Waals surface area (Å²) in [5, 5.41) is 8.67. The number of hydrogen-bond donors (Lipinski definition) is 1. The van der Waals surface area contributed by atoms with Crippen LogP contribution in [0.3, 0.4) is 0 Å². The molecule has 0 spiro atoms. The van der Waals surface area contributed by atoms with Crippen molar-refractivity contribution in [3.05, 3.63) is 11.6 Å². The number of carbonyl (C=O) groups excluding carboxylic acids is 1. The second-order valence-corrected chi connectivity index (χ2v) is 4.69. The van der Waals surface area contributed by atoms with E-state index >= 15 is 0 Å². The third-order valence-corrected chi connectivity index (χ3v) is 2.30. The molecule has 0 unspecified atom stereocenters. The van der Waals surface area contributed by atoms with Crippen LogP contribution in [0.15, 0.2) is 11.6 Å². The van der Waals surface area contributed by atoms with Gasteiger partial charge in [0.1, 0.15) is 0 Å². The van der Waals surface area contributed by atoms with Crippen LogP contribution in [0.5, 0.6) is 0 Å². The number of rotatable bonds is 2. The lowest BCUT2D eigenvalue weighted by Gasteiger charge is -2.20. The Labute approximate surface area is 112 Å². The largest absolute Gasteiger partial charge is 0.392 e. The second kappa shape index (κ2) is 11.2. The summed E-state index contributed by atoms with van der Waals surface area (Å²) in [5.41, 5.74) is 1.08. The van der Waals surface area contributed by atoms with E-state index < -0.39 is 0 Å². The Balaban J connectivity index is 0. The molecule has 0 atom stereocenters. The van der Waals surface area contributed by atoms with Crippen molar-refractivity contribution in [2.24, 2.45) is 0 Å². The number of amides is 1. The first kappa shape index (κ1) is 19.5. The molecule has 18 heavy (non-hydrogen) atoms. The van der Waals surface area contributed by atoms with Gasteiger partial charge in [0.25, 0.3) is 0 Å². The maximum Gasteiger partial charge on any atom is 0.209 e. The molecule has 0 aromatic rings. The van der Waals surface area contributed by atoms with E-state index in [0.717, 1.165) is 24.9 Å². The second-order valence-electron chi connectivity index (χ2n) is 4.69. The molecule has 0 bridgehead atoms. The van der Waals surface area contributed by atoms with Crippen LogP contribution in [-0.4, -0.2) is 48.8 Å². The Morgan fingerprint density at radius 3 is 2.17 bits per heavy atom. The molecule has 0 aromatic carbocycles. The van der Waals surface area contributed by atoms with Crippen molar-refractivity contribution in [1.82, 2.24) is 4.90 Å². The van der Waals surface area contributed by atoms with Crippen LogP contribution in [0.25, 0.3) is 0 Å². The van der Waals surface area contributed by atoms with Crippen LogP contribution in [0, 0.1) is 0 Å². The number of carbonyl (C=O) groups is 1. The zero-order chi connectivity index (χ0) is 14.6. The fourth-order valence-corrected chi connectivity index (χ4v) is 0.966. The topological polar surface area (TPSA) is 49.8 Å². The van der Waals surface area contributed by atoms with Gasteiger partial charge in [0.2, 0.25) is 6.41 Å². The van der Waals surface area contributed by atoms with Gasteiger partial charge in [-0.3, -0.25) is 4.79 Å². The Morgan fingerprint density at radius 2 is 1.94 bits per heavy atom. The number of nitrogens with zero attached hydrogens (tertiary/aromatic N) is 1. The summed E-state index contributed by atoms with van der Waals surface area (Å²) in [7, 11) is 1.71. The van der Waals surface area contributed by atoms with Crippen LogP contribution in [-0.2, 0) is 9.53 Å². The fourth-order valence-electron chi connectivity index (χ4n) is 0.966. The van der Waals surface area contributed by atoms with Gasteiger partial charge >= 0.3 is 0 Å². The minimum atomic E-state index is 0.0417. The Kier molecular flexibility index (Phi) is 12.2. The molecule has 1 amide bonds. The van der Waals surface area contributed by atoms with Crippen LogP contribution in [0.4, 0.5) is 0 Å². The molecule has 1 aliphatic heterocycles. The molecule has 0 aliphatic carbocycles. The van der Waals surface area contributed by atoms with Gasteiger partial charge in [-0.05, 0) is 32.8 Å². The average Bonchev–Trinajstić information content (AvgIpc) is 2.41. The highest BCUT2D eigenvalue weighted by molar-refractivity contribution is 5.48. The van der Waals surface area contributed by atoms with Gasteiger partial charge in [0, 0.05) is 20.2 Å². The van der Waals surface area contributed by atoms with Crippen LogP contribution >= 0.6 is 0 Å². The van der Waals surface area contributed by atoms with Gasteiger partial charge < -0.3 is 14.7 Å². The Bertz CT molecular complexity index is 232. The van der Waals surface area contributed by atoms with E-state index in [9.17, 15) is 4.79 Å². The predicted molar refractivity (Wildman–Crippen MR) is 75.5 cm³/mol. The summed E-state index contributed by atoms with van der Waals surface area (Å²) in [4.78, 5) is 11.9. The van der Waals surface area contributed by atoms with Gasteiger partial charge in [-0.25, -0.2) is 0 Å². The van der Waals surface area contributed by atoms with E-state index in [2.05, 4.69) is 0 Å². The number of methoxy groups -OCH3 is 1. The van der Waals surface area contributed by atoms with Gasteiger partial charge in [0.05, 0.1) is 12.2 Å². The Hall–Kier alpha value is -0.870. The Morgan fingerprint density at radius 1 is 1.44 bits per heavy atom. The summed E-state index contributed by atoms with van der Waals surface area (Å²) >= 11 is 0. The molecule has 0 fully saturated rings. The third-order valence-electron chi connectivity index (χ3n) is 2.30. The number of ether oxygens (including phenoxy) is 1. The van der Waals surface area contributed by atoms with E-state index in [1.807, 2.05) is 40.7 Å². The quantitative estimate of drug-likeness (QED) is 0.611. The van der Waals surface area contributed by atoms with Crippen LogP contribution < -0.4 is 0 Å². The minimum Gasteiger partial charge on any atom is -0.392 e. The van der Waals surface area contributed by atoms with Crippen molar-refractivity contribution in [2.75, 3.05) is 26.8 Å². The third kappa shape index (κ3) is 11.6. The molecule has 0 saturated heterocycles. The molecule has 1 N–H and O–H groups in total. The summed E-state index contributed by atoms with van der Waals surface area (Å²) < 4.78 is 4.94. The molecule has 0 radical (unpaired) electrons. The molecule has 4 nitrogen and oxygen atoms in total.